The fourth-order valence-corrected chi connectivity index (χ4v) is 3.32. The first kappa shape index (κ1) is 16.4. The number of hydrogen-bond donors (Lipinski definition) is 1. The van der Waals surface area contributed by atoms with Crippen LogP contribution in [0.5, 0.6) is 0 Å². The predicted octanol–water partition coefficient (Wildman–Crippen LogP) is 1.96. The van der Waals surface area contributed by atoms with Crippen LogP contribution in [0.4, 0.5) is 10.5 Å². The standard InChI is InChI=1S/C16H19N5O2S/c1-10-4-5-12(8-13(10)21-7-6-17-16(21)23)15(22)20(3)9-14-11(2)18-19-24-14/h4-5,8H,6-7,9H2,1-3H3,(H,17,23). The summed E-state index contributed by atoms with van der Waals surface area (Å²) in [7, 11) is 1.75. The highest BCUT2D eigenvalue weighted by atomic mass is 32.1. The summed E-state index contributed by atoms with van der Waals surface area (Å²) >= 11 is 1.30. The second-order valence-electron chi connectivity index (χ2n) is 5.83. The monoisotopic (exact) mass is 345 g/mol. The molecule has 24 heavy (non-hydrogen) atoms. The van der Waals surface area contributed by atoms with Gasteiger partial charge in [-0.25, -0.2) is 4.79 Å². The molecule has 0 saturated carbocycles. The number of anilines is 1. The molecule has 0 aliphatic carbocycles. The number of urea groups is 1. The van der Waals surface area contributed by atoms with Gasteiger partial charge in [0.05, 0.1) is 17.1 Å². The average Bonchev–Trinajstić information content (AvgIpc) is 3.16. The lowest BCUT2D eigenvalue weighted by atomic mass is 10.1. The third-order valence-corrected chi connectivity index (χ3v) is 4.88. The summed E-state index contributed by atoms with van der Waals surface area (Å²) in [6.07, 6.45) is 0. The number of benzene rings is 1. The largest absolute Gasteiger partial charge is 0.336 e. The number of aromatic nitrogens is 2. The molecule has 0 atom stereocenters. The highest BCUT2D eigenvalue weighted by molar-refractivity contribution is 7.05. The van der Waals surface area contributed by atoms with E-state index in [1.54, 1.807) is 29.0 Å². The lowest BCUT2D eigenvalue weighted by Crippen LogP contribution is -2.29. The quantitative estimate of drug-likeness (QED) is 0.919. The van der Waals surface area contributed by atoms with Crippen LogP contribution in [0.1, 0.15) is 26.5 Å². The van der Waals surface area contributed by atoms with Gasteiger partial charge in [-0.3, -0.25) is 9.69 Å². The van der Waals surface area contributed by atoms with Gasteiger partial charge >= 0.3 is 6.03 Å². The van der Waals surface area contributed by atoms with Crippen LogP contribution in [0.3, 0.4) is 0 Å². The van der Waals surface area contributed by atoms with E-state index in [1.807, 2.05) is 19.9 Å². The number of nitrogens with zero attached hydrogens (tertiary/aromatic N) is 4. The number of nitrogens with one attached hydrogen (secondary N) is 1. The van der Waals surface area contributed by atoms with Gasteiger partial charge in [-0.15, -0.1) is 5.10 Å². The molecule has 1 aliphatic rings. The van der Waals surface area contributed by atoms with E-state index in [1.165, 1.54) is 11.5 Å². The average molecular weight is 345 g/mol. The van der Waals surface area contributed by atoms with Crippen molar-refractivity contribution in [2.45, 2.75) is 20.4 Å². The molecule has 1 N–H and O–H groups in total. The molecule has 1 aromatic heterocycles. The lowest BCUT2D eigenvalue weighted by molar-refractivity contribution is 0.0786. The van der Waals surface area contributed by atoms with Gasteiger partial charge in [-0.1, -0.05) is 10.6 Å². The first-order chi connectivity index (χ1) is 11.5. The maximum Gasteiger partial charge on any atom is 0.322 e. The zero-order chi connectivity index (χ0) is 17.3. The minimum Gasteiger partial charge on any atom is -0.336 e. The van der Waals surface area contributed by atoms with Crippen molar-refractivity contribution in [1.29, 1.82) is 0 Å². The van der Waals surface area contributed by atoms with Crippen molar-refractivity contribution in [2.75, 3.05) is 25.0 Å². The van der Waals surface area contributed by atoms with E-state index in [-0.39, 0.29) is 11.9 Å². The third kappa shape index (κ3) is 3.09. The summed E-state index contributed by atoms with van der Waals surface area (Å²) in [5, 5.41) is 6.75. The number of aryl methyl sites for hydroxylation is 2. The summed E-state index contributed by atoms with van der Waals surface area (Å²) in [5.41, 5.74) is 3.15. The van der Waals surface area contributed by atoms with Crippen molar-refractivity contribution in [3.8, 4) is 0 Å². The van der Waals surface area contributed by atoms with Gasteiger partial charge in [0.15, 0.2) is 0 Å². The molecule has 3 rings (SSSR count). The normalized spacial score (nSPS) is 14.0. The van der Waals surface area contributed by atoms with Gasteiger partial charge in [-0.2, -0.15) is 0 Å². The van der Waals surface area contributed by atoms with E-state index in [4.69, 9.17) is 0 Å². The number of amides is 3. The number of carbonyl (C=O) groups excluding carboxylic acids is 2. The van der Waals surface area contributed by atoms with E-state index in [0.29, 0.717) is 25.2 Å². The van der Waals surface area contributed by atoms with Crippen LogP contribution >= 0.6 is 11.5 Å². The molecule has 0 unspecified atom stereocenters. The summed E-state index contributed by atoms with van der Waals surface area (Å²) in [6.45, 7) is 5.51. The Kier molecular flexibility index (Phi) is 4.48. The van der Waals surface area contributed by atoms with Crippen LogP contribution in [0, 0.1) is 13.8 Å². The minimum absolute atomic E-state index is 0.0938. The van der Waals surface area contributed by atoms with E-state index >= 15 is 0 Å². The Balaban J connectivity index is 1.82. The minimum atomic E-state index is -0.123. The van der Waals surface area contributed by atoms with Crippen LogP contribution in [0.15, 0.2) is 18.2 Å². The second kappa shape index (κ2) is 6.56. The number of rotatable bonds is 4. The zero-order valence-corrected chi connectivity index (χ0v) is 14.7. The molecule has 1 aromatic carbocycles. The van der Waals surface area contributed by atoms with Gasteiger partial charge in [0.25, 0.3) is 5.91 Å². The molecule has 3 amide bonds. The highest BCUT2D eigenvalue weighted by Crippen LogP contribution is 2.24. The second-order valence-corrected chi connectivity index (χ2v) is 6.67. The summed E-state index contributed by atoms with van der Waals surface area (Å²) in [6, 6.07) is 5.34. The molecule has 2 heterocycles. The van der Waals surface area contributed by atoms with Gasteiger partial charge in [0, 0.05) is 31.4 Å². The van der Waals surface area contributed by atoms with Crippen LogP contribution in [0.2, 0.25) is 0 Å². The Morgan fingerprint density at radius 1 is 1.42 bits per heavy atom. The maximum atomic E-state index is 12.7. The van der Waals surface area contributed by atoms with E-state index in [2.05, 4.69) is 14.9 Å². The molecule has 0 radical (unpaired) electrons. The van der Waals surface area contributed by atoms with Gasteiger partial charge in [0.2, 0.25) is 0 Å². The zero-order valence-electron chi connectivity index (χ0n) is 13.9. The summed E-state index contributed by atoms with van der Waals surface area (Å²) in [5.74, 6) is -0.0938. The Morgan fingerprint density at radius 3 is 2.83 bits per heavy atom. The van der Waals surface area contributed by atoms with E-state index < -0.39 is 0 Å². The number of hydrogen-bond acceptors (Lipinski definition) is 5. The van der Waals surface area contributed by atoms with Crippen LogP contribution in [-0.4, -0.2) is 46.6 Å². The van der Waals surface area contributed by atoms with Crippen molar-refractivity contribution < 1.29 is 9.59 Å². The third-order valence-electron chi connectivity index (χ3n) is 4.08. The molecule has 1 saturated heterocycles. The van der Waals surface area contributed by atoms with Crippen molar-refractivity contribution in [2.24, 2.45) is 0 Å². The predicted molar refractivity (Wildman–Crippen MR) is 92.4 cm³/mol. The first-order valence-corrected chi connectivity index (χ1v) is 8.44. The summed E-state index contributed by atoms with van der Waals surface area (Å²) < 4.78 is 3.90. The van der Waals surface area contributed by atoms with Crippen LogP contribution < -0.4 is 10.2 Å². The fraction of sp³-hybridized carbons (Fsp3) is 0.375. The van der Waals surface area contributed by atoms with Gasteiger partial charge in [-0.05, 0) is 43.1 Å². The molecule has 126 valence electrons. The molecule has 7 nitrogen and oxygen atoms in total. The highest BCUT2D eigenvalue weighted by Gasteiger charge is 2.24. The maximum absolute atomic E-state index is 12.7. The van der Waals surface area contributed by atoms with Gasteiger partial charge in [0.1, 0.15) is 0 Å². The molecule has 0 bridgehead atoms. The van der Waals surface area contributed by atoms with E-state index in [0.717, 1.165) is 21.8 Å². The smallest absolute Gasteiger partial charge is 0.322 e. The Morgan fingerprint density at radius 2 is 2.21 bits per heavy atom. The van der Waals surface area contributed by atoms with E-state index in [9.17, 15) is 9.59 Å². The SMILES string of the molecule is Cc1ccc(C(=O)N(C)Cc2snnc2C)cc1N1CCNC1=O. The molecule has 1 fully saturated rings. The van der Waals surface area contributed by atoms with Gasteiger partial charge < -0.3 is 10.2 Å². The Bertz CT molecular complexity index is 789. The van der Waals surface area contributed by atoms with Crippen molar-refractivity contribution in [3.05, 3.63) is 39.9 Å². The first-order valence-electron chi connectivity index (χ1n) is 7.66. The molecule has 8 heteroatoms. The van der Waals surface area contributed by atoms with Crippen LogP contribution in [-0.2, 0) is 6.54 Å². The topological polar surface area (TPSA) is 78.4 Å². The van der Waals surface area contributed by atoms with Crippen molar-refractivity contribution in [1.82, 2.24) is 19.8 Å². The lowest BCUT2D eigenvalue weighted by Gasteiger charge is -2.20. The summed E-state index contributed by atoms with van der Waals surface area (Å²) in [4.78, 5) is 28.9. The molecular weight excluding hydrogens is 326 g/mol. The molecule has 1 aliphatic heterocycles. The molecular formula is C16H19N5O2S. The fourth-order valence-electron chi connectivity index (χ4n) is 2.64. The van der Waals surface area contributed by atoms with Crippen molar-refractivity contribution in [3.63, 3.8) is 0 Å². The number of carbonyl (C=O) groups is 2. The van der Waals surface area contributed by atoms with Crippen molar-refractivity contribution >= 4 is 29.2 Å². The van der Waals surface area contributed by atoms with Crippen LogP contribution in [0.25, 0.3) is 0 Å². The molecule has 2 aromatic rings. The molecule has 0 spiro atoms. The Hall–Kier alpha value is -2.48. The Labute approximate surface area is 144 Å².